The number of nitrogens with one attached hydrogen (secondary N) is 1. The van der Waals surface area contributed by atoms with Gasteiger partial charge in [0.25, 0.3) is 5.89 Å². The van der Waals surface area contributed by atoms with Crippen LogP contribution in [0, 0.1) is 5.82 Å². The highest BCUT2D eigenvalue weighted by Gasteiger charge is 2.20. The third-order valence-corrected chi connectivity index (χ3v) is 2.58. The van der Waals surface area contributed by atoms with Gasteiger partial charge in [-0.15, -0.1) is 0 Å². The number of carboxylic acids is 1. The van der Waals surface area contributed by atoms with Crippen LogP contribution in [0.2, 0.25) is 0 Å². The summed E-state index contributed by atoms with van der Waals surface area (Å²) in [6.45, 7) is 0. The van der Waals surface area contributed by atoms with Gasteiger partial charge in [0.2, 0.25) is 5.82 Å². The van der Waals surface area contributed by atoms with Gasteiger partial charge in [0.15, 0.2) is 5.69 Å². The first-order valence-corrected chi connectivity index (χ1v) is 5.52. The highest BCUT2D eigenvalue weighted by atomic mass is 19.1. The molecular weight excluding hydrogens is 267 g/mol. The lowest BCUT2D eigenvalue weighted by atomic mass is 10.2. The molecule has 100 valence electrons. The lowest BCUT2D eigenvalue weighted by Gasteiger charge is -1.93. The Hall–Kier alpha value is -3.03. The van der Waals surface area contributed by atoms with E-state index in [2.05, 4.69) is 20.1 Å². The number of hydrogen-bond acceptors (Lipinski definition) is 5. The van der Waals surface area contributed by atoms with E-state index < -0.39 is 5.97 Å². The summed E-state index contributed by atoms with van der Waals surface area (Å²) in [6, 6.07) is 5.53. The number of hydrogen-bond donors (Lipinski definition) is 2. The highest BCUT2D eigenvalue weighted by molar-refractivity contribution is 5.91. The summed E-state index contributed by atoms with van der Waals surface area (Å²) in [5.41, 5.74) is 0.468. The predicted molar refractivity (Wildman–Crippen MR) is 64.2 cm³/mol. The average molecular weight is 274 g/mol. The Labute approximate surface area is 111 Å². The standard InChI is InChI=1S/C12H7FN4O3/c13-7-3-1-6(2-4-7)10-16-11(20-17-10)8-9(12(18)19)15-5-14-8/h1-5H,(H,14,15)(H,18,19). The SMILES string of the molecule is O=C(O)c1nc[nH]c1-c1nc(-c2ccc(F)cc2)no1. The van der Waals surface area contributed by atoms with E-state index in [0.717, 1.165) is 0 Å². The van der Waals surface area contributed by atoms with Crippen molar-refractivity contribution >= 4 is 5.97 Å². The van der Waals surface area contributed by atoms with Crippen molar-refractivity contribution in [3.8, 4) is 23.0 Å². The Morgan fingerprint density at radius 3 is 2.75 bits per heavy atom. The third kappa shape index (κ3) is 2.03. The summed E-state index contributed by atoms with van der Waals surface area (Å²) < 4.78 is 17.8. The number of aromatic carboxylic acids is 1. The van der Waals surface area contributed by atoms with Gasteiger partial charge in [-0.1, -0.05) is 5.16 Å². The Morgan fingerprint density at radius 2 is 2.05 bits per heavy atom. The second-order valence-corrected chi connectivity index (χ2v) is 3.86. The first-order valence-electron chi connectivity index (χ1n) is 5.52. The Bertz CT molecular complexity index is 763. The summed E-state index contributed by atoms with van der Waals surface area (Å²) in [7, 11) is 0. The fraction of sp³-hybridized carbons (Fsp3) is 0. The monoisotopic (exact) mass is 274 g/mol. The molecule has 20 heavy (non-hydrogen) atoms. The Morgan fingerprint density at radius 1 is 1.30 bits per heavy atom. The van der Waals surface area contributed by atoms with E-state index in [1.54, 1.807) is 0 Å². The third-order valence-electron chi connectivity index (χ3n) is 2.58. The molecule has 0 aliphatic rings. The molecule has 0 bridgehead atoms. The van der Waals surface area contributed by atoms with E-state index in [1.165, 1.54) is 30.6 Å². The van der Waals surface area contributed by atoms with E-state index >= 15 is 0 Å². The van der Waals surface area contributed by atoms with Crippen LogP contribution >= 0.6 is 0 Å². The maximum absolute atomic E-state index is 12.8. The van der Waals surface area contributed by atoms with Crippen molar-refractivity contribution in [2.75, 3.05) is 0 Å². The molecule has 2 heterocycles. The van der Waals surface area contributed by atoms with Crippen molar-refractivity contribution in [2.24, 2.45) is 0 Å². The molecule has 0 saturated carbocycles. The van der Waals surface area contributed by atoms with E-state index in [4.69, 9.17) is 9.63 Å². The molecule has 3 aromatic rings. The van der Waals surface area contributed by atoms with E-state index in [0.29, 0.717) is 5.56 Å². The topological polar surface area (TPSA) is 105 Å². The number of halogens is 1. The second kappa shape index (κ2) is 4.57. The molecular formula is C12H7FN4O3. The summed E-state index contributed by atoms with van der Waals surface area (Å²) in [6.07, 6.45) is 1.22. The first kappa shape index (κ1) is 12.0. The molecule has 0 fully saturated rings. The number of H-pyrrole nitrogens is 1. The Kier molecular flexibility index (Phi) is 2.75. The molecule has 0 amide bonds. The van der Waals surface area contributed by atoms with Gasteiger partial charge in [0, 0.05) is 5.56 Å². The maximum Gasteiger partial charge on any atom is 0.356 e. The minimum absolute atomic E-state index is 0.000718. The van der Waals surface area contributed by atoms with Crippen molar-refractivity contribution < 1.29 is 18.8 Å². The van der Waals surface area contributed by atoms with Gasteiger partial charge >= 0.3 is 5.97 Å². The normalized spacial score (nSPS) is 10.7. The number of nitrogens with zero attached hydrogens (tertiary/aromatic N) is 3. The molecule has 0 saturated heterocycles. The molecule has 2 N–H and O–H groups in total. The van der Waals surface area contributed by atoms with Crippen molar-refractivity contribution in [2.45, 2.75) is 0 Å². The lowest BCUT2D eigenvalue weighted by molar-refractivity contribution is 0.0691. The molecule has 7 nitrogen and oxygen atoms in total. The number of rotatable bonds is 3. The zero-order chi connectivity index (χ0) is 14.1. The van der Waals surface area contributed by atoms with E-state index in [-0.39, 0.29) is 28.9 Å². The number of imidazole rings is 1. The minimum atomic E-state index is -1.21. The van der Waals surface area contributed by atoms with Crippen LogP contribution in [0.3, 0.4) is 0 Å². The molecule has 0 radical (unpaired) electrons. The van der Waals surface area contributed by atoms with Gasteiger partial charge in [-0.3, -0.25) is 0 Å². The minimum Gasteiger partial charge on any atom is -0.476 e. The van der Waals surface area contributed by atoms with Crippen molar-refractivity contribution in [3.63, 3.8) is 0 Å². The average Bonchev–Trinajstić information content (AvgIpc) is 3.08. The van der Waals surface area contributed by atoms with Gasteiger partial charge in [-0.25, -0.2) is 14.2 Å². The molecule has 0 aliphatic carbocycles. The van der Waals surface area contributed by atoms with E-state index in [1.807, 2.05) is 0 Å². The van der Waals surface area contributed by atoms with Crippen molar-refractivity contribution in [1.29, 1.82) is 0 Å². The largest absolute Gasteiger partial charge is 0.476 e. The number of carboxylic acid groups (broad SMARTS) is 1. The van der Waals surface area contributed by atoms with Crippen molar-refractivity contribution in [1.82, 2.24) is 20.1 Å². The van der Waals surface area contributed by atoms with Crippen LogP contribution in [0.25, 0.3) is 23.0 Å². The van der Waals surface area contributed by atoms with Crippen LogP contribution in [0.15, 0.2) is 35.1 Å². The van der Waals surface area contributed by atoms with Crippen LogP contribution in [0.4, 0.5) is 4.39 Å². The van der Waals surface area contributed by atoms with Gasteiger partial charge in [0.1, 0.15) is 11.5 Å². The predicted octanol–water partition coefficient (Wildman–Crippen LogP) is 1.96. The summed E-state index contributed by atoms with van der Waals surface area (Å²) in [4.78, 5) is 21.3. The highest BCUT2D eigenvalue weighted by Crippen LogP contribution is 2.22. The molecule has 8 heteroatoms. The zero-order valence-electron chi connectivity index (χ0n) is 9.87. The molecule has 1 aromatic carbocycles. The molecule has 2 aromatic heterocycles. The van der Waals surface area contributed by atoms with Crippen LogP contribution in [0.1, 0.15) is 10.5 Å². The zero-order valence-corrected chi connectivity index (χ0v) is 9.87. The number of benzene rings is 1. The number of carbonyl (C=O) groups is 1. The van der Waals surface area contributed by atoms with Crippen molar-refractivity contribution in [3.05, 3.63) is 42.1 Å². The van der Waals surface area contributed by atoms with Crippen LogP contribution in [-0.4, -0.2) is 31.2 Å². The number of aromatic amines is 1. The van der Waals surface area contributed by atoms with Gasteiger partial charge in [0.05, 0.1) is 6.33 Å². The quantitative estimate of drug-likeness (QED) is 0.756. The maximum atomic E-state index is 12.8. The van der Waals surface area contributed by atoms with Gasteiger partial charge in [-0.05, 0) is 24.3 Å². The Balaban J connectivity index is 2.00. The summed E-state index contributed by atoms with van der Waals surface area (Å²) in [5.74, 6) is -1.35. The van der Waals surface area contributed by atoms with E-state index in [9.17, 15) is 9.18 Å². The lowest BCUT2D eigenvalue weighted by Crippen LogP contribution is -1.99. The molecule has 0 spiro atoms. The fourth-order valence-electron chi connectivity index (χ4n) is 1.66. The smallest absolute Gasteiger partial charge is 0.356 e. The fourth-order valence-corrected chi connectivity index (χ4v) is 1.66. The molecule has 0 aliphatic heterocycles. The first-order chi connectivity index (χ1) is 9.65. The molecule has 0 atom stereocenters. The van der Waals surface area contributed by atoms with Crippen LogP contribution < -0.4 is 0 Å². The van der Waals surface area contributed by atoms with Crippen LogP contribution in [0.5, 0.6) is 0 Å². The van der Waals surface area contributed by atoms with Gasteiger partial charge < -0.3 is 14.6 Å². The number of aromatic nitrogens is 4. The van der Waals surface area contributed by atoms with Gasteiger partial charge in [-0.2, -0.15) is 4.98 Å². The second-order valence-electron chi connectivity index (χ2n) is 3.86. The molecule has 0 unspecified atom stereocenters. The summed E-state index contributed by atoms with van der Waals surface area (Å²) in [5, 5.41) is 12.7. The van der Waals surface area contributed by atoms with Crippen LogP contribution in [-0.2, 0) is 0 Å². The molecule has 3 rings (SSSR count). The summed E-state index contributed by atoms with van der Waals surface area (Å²) >= 11 is 0.